The van der Waals surface area contributed by atoms with E-state index in [4.69, 9.17) is 0 Å². The maximum absolute atomic E-state index is 14.4. The van der Waals surface area contributed by atoms with Crippen molar-refractivity contribution in [1.29, 1.82) is 0 Å². The second kappa shape index (κ2) is 4.80. The highest BCUT2D eigenvalue weighted by atomic mass is 19.1. The molecule has 3 nitrogen and oxygen atoms in total. The number of hydrogen-bond donors (Lipinski definition) is 0. The standard InChI is InChI=1S/C15H13FN2O/c16-15(14(19)12-5-3-8-17-10-12)18-9-7-11-4-1-2-6-13(11)18/h1-6,8,10,15H,7,9H2. The Morgan fingerprint density at radius 1 is 1.26 bits per heavy atom. The van der Waals surface area contributed by atoms with Crippen LogP contribution in [-0.2, 0) is 6.42 Å². The van der Waals surface area contributed by atoms with E-state index in [-0.39, 0.29) is 0 Å². The van der Waals surface area contributed by atoms with Crippen LogP contribution in [0.1, 0.15) is 15.9 Å². The molecule has 0 radical (unpaired) electrons. The molecule has 1 aromatic heterocycles. The first kappa shape index (κ1) is 11.8. The summed E-state index contributed by atoms with van der Waals surface area (Å²) in [6.45, 7) is 0.534. The predicted octanol–water partition coefficient (Wildman–Crippen LogP) is 2.62. The van der Waals surface area contributed by atoms with E-state index in [2.05, 4.69) is 4.98 Å². The number of anilines is 1. The van der Waals surface area contributed by atoms with E-state index in [9.17, 15) is 9.18 Å². The molecule has 19 heavy (non-hydrogen) atoms. The Morgan fingerprint density at radius 3 is 2.89 bits per heavy atom. The number of fused-ring (bicyclic) bond motifs is 1. The Bertz CT molecular complexity index is 600. The summed E-state index contributed by atoms with van der Waals surface area (Å²) in [6.07, 6.45) is 2.09. The largest absolute Gasteiger partial charge is 0.335 e. The van der Waals surface area contributed by atoms with E-state index in [0.717, 1.165) is 17.7 Å². The fraction of sp³-hybridized carbons (Fsp3) is 0.200. The number of carbonyl (C=O) groups is 1. The molecule has 0 bridgehead atoms. The molecule has 4 heteroatoms. The van der Waals surface area contributed by atoms with Crippen LogP contribution in [-0.4, -0.2) is 23.6 Å². The number of benzene rings is 1. The lowest BCUT2D eigenvalue weighted by molar-refractivity contribution is 0.0875. The fourth-order valence-corrected chi connectivity index (χ4v) is 2.39. The minimum Gasteiger partial charge on any atom is -0.335 e. The van der Waals surface area contributed by atoms with Gasteiger partial charge >= 0.3 is 0 Å². The molecule has 0 saturated heterocycles. The molecule has 1 aromatic carbocycles. The van der Waals surface area contributed by atoms with E-state index in [1.54, 1.807) is 18.3 Å². The summed E-state index contributed by atoms with van der Waals surface area (Å²) in [6, 6.07) is 10.8. The number of halogens is 1. The lowest BCUT2D eigenvalue weighted by Gasteiger charge is -2.22. The SMILES string of the molecule is O=C(c1cccnc1)C(F)N1CCc2ccccc21. The first-order valence-electron chi connectivity index (χ1n) is 6.20. The van der Waals surface area contributed by atoms with Crippen LogP contribution in [0, 0.1) is 0 Å². The Labute approximate surface area is 110 Å². The Kier molecular flexibility index (Phi) is 2.99. The van der Waals surface area contributed by atoms with E-state index in [0.29, 0.717) is 12.1 Å². The molecule has 96 valence electrons. The van der Waals surface area contributed by atoms with Gasteiger partial charge in [0.1, 0.15) is 0 Å². The van der Waals surface area contributed by atoms with Gasteiger partial charge in [-0.15, -0.1) is 0 Å². The Hall–Kier alpha value is -2.23. The summed E-state index contributed by atoms with van der Waals surface area (Å²) < 4.78 is 14.4. The van der Waals surface area contributed by atoms with Crippen LogP contribution in [0.25, 0.3) is 0 Å². The molecule has 1 aliphatic heterocycles. The lowest BCUT2D eigenvalue weighted by Crippen LogP contribution is -2.36. The van der Waals surface area contributed by atoms with Crippen molar-refractivity contribution in [3.8, 4) is 0 Å². The molecule has 1 unspecified atom stereocenters. The predicted molar refractivity (Wildman–Crippen MR) is 71.0 cm³/mol. The van der Waals surface area contributed by atoms with Crippen molar-refractivity contribution >= 4 is 11.5 Å². The van der Waals surface area contributed by atoms with Crippen LogP contribution in [0.3, 0.4) is 0 Å². The minimum atomic E-state index is -1.65. The summed E-state index contributed by atoms with van der Waals surface area (Å²) >= 11 is 0. The molecule has 2 heterocycles. The van der Waals surface area contributed by atoms with E-state index in [1.807, 2.05) is 24.3 Å². The van der Waals surface area contributed by atoms with Crippen molar-refractivity contribution < 1.29 is 9.18 Å². The van der Waals surface area contributed by atoms with Crippen LogP contribution in [0.2, 0.25) is 0 Å². The summed E-state index contributed by atoms with van der Waals surface area (Å²) in [5.74, 6) is -0.537. The number of alkyl halides is 1. The van der Waals surface area contributed by atoms with E-state index < -0.39 is 12.1 Å². The van der Waals surface area contributed by atoms with Crippen LogP contribution in [0.4, 0.5) is 10.1 Å². The highest BCUT2D eigenvalue weighted by Gasteiger charge is 2.31. The van der Waals surface area contributed by atoms with Gasteiger partial charge in [-0.2, -0.15) is 0 Å². The van der Waals surface area contributed by atoms with Crippen molar-refractivity contribution in [3.05, 3.63) is 59.9 Å². The van der Waals surface area contributed by atoms with Gasteiger partial charge < -0.3 is 4.90 Å². The first-order valence-corrected chi connectivity index (χ1v) is 6.20. The van der Waals surface area contributed by atoms with Crippen LogP contribution >= 0.6 is 0 Å². The zero-order chi connectivity index (χ0) is 13.2. The molecule has 1 aliphatic rings. The number of rotatable bonds is 3. The molecule has 2 aromatic rings. The lowest BCUT2D eigenvalue weighted by atomic mass is 10.1. The van der Waals surface area contributed by atoms with Gasteiger partial charge in [0.25, 0.3) is 0 Å². The summed E-state index contributed by atoms with van der Waals surface area (Å²) in [5, 5.41) is 0. The van der Waals surface area contributed by atoms with Crippen LogP contribution < -0.4 is 4.90 Å². The van der Waals surface area contributed by atoms with Crippen molar-refractivity contribution in [2.24, 2.45) is 0 Å². The molecule has 0 spiro atoms. The number of nitrogens with zero attached hydrogens (tertiary/aromatic N) is 2. The van der Waals surface area contributed by atoms with Gasteiger partial charge in [0.15, 0.2) is 0 Å². The molecular formula is C15H13FN2O. The number of ketones is 1. The first-order chi connectivity index (χ1) is 9.27. The van der Waals surface area contributed by atoms with Crippen molar-refractivity contribution in [2.75, 3.05) is 11.4 Å². The highest BCUT2D eigenvalue weighted by Crippen LogP contribution is 2.30. The molecule has 0 saturated carbocycles. The fourth-order valence-electron chi connectivity index (χ4n) is 2.39. The molecule has 0 amide bonds. The van der Waals surface area contributed by atoms with Gasteiger partial charge in [0, 0.05) is 30.2 Å². The molecule has 3 rings (SSSR count). The molecule has 0 aliphatic carbocycles. The van der Waals surface area contributed by atoms with Gasteiger partial charge in [-0.3, -0.25) is 9.78 Å². The quantitative estimate of drug-likeness (QED) is 0.625. The second-order valence-electron chi connectivity index (χ2n) is 4.51. The normalized spacial score (nSPS) is 15.1. The highest BCUT2D eigenvalue weighted by molar-refractivity contribution is 6.00. The molecule has 1 atom stereocenters. The Balaban J connectivity index is 1.86. The van der Waals surface area contributed by atoms with Gasteiger partial charge in [0.05, 0.1) is 0 Å². The summed E-state index contributed by atoms with van der Waals surface area (Å²) in [5.41, 5.74) is 2.20. The smallest absolute Gasteiger partial charge is 0.236 e. The number of hydrogen-bond acceptors (Lipinski definition) is 3. The maximum atomic E-state index is 14.4. The van der Waals surface area contributed by atoms with Crippen LogP contribution in [0.15, 0.2) is 48.8 Å². The third kappa shape index (κ3) is 2.10. The molecular weight excluding hydrogens is 243 g/mol. The average Bonchev–Trinajstić information content (AvgIpc) is 2.90. The number of carbonyl (C=O) groups excluding carboxylic acids is 1. The number of para-hydroxylation sites is 1. The number of pyridine rings is 1. The van der Waals surface area contributed by atoms with Crippen molar-refractivity contribution in [1.82, 2.24) is 4.98 Å². The Morgan fingerprint density at radius 2 is 2.11 bits per heavy atom. The summed E-state index contributed by atoms with van der Waals surface area (Å²) in [7, 11) is 0. The zero-order valence-electron chi connectivity index (χ0n) is 10.3. The van der Waals surface area contributed by atoms with Crippen molar-refractivity contribution in [3.63, 3.8) is 0 Å². The van der Waals surface area contributed by atoms with E-state index >= 15 is 0 Å². The third-order valence-corrected chi connectivity index (χ3v) is 3.36. The average molecular weight is 256 g/mol. The van der Waals surface area contributed by atoms with Crippen LogP contribution in [0.5, 0.6) is 0 Å². The summed E-state index contributed by atoms with van der Waals surface area (Å²) in [4.78, 5) is 17.5. The van der Waals surface area contributed by atoms with Gasteiger partial charge in [-0.25, -0.2) is 4.39 Å². The second-order valence-corrected chi connectivity index (χ2v) is 4.51. The third-order valence-electron chi connectivity index (χ3n) is 3.36. The van der Waals surface area contributed by atoms with E-state index in [1.165, 1.54) is 11.1 Å². The van der Waals surface area contributed by atoms with Crippen molar-refractivity contribution in [2.45, 2.75) is 12.7 Å². The molecule has 0 fully saturated rings. The zero-order valence-corrected chi connectivity index (χ0v) is 10.3. The van der Waals surface area contributed by atoms with Gasteiger partial charge in [-0.1, -0.05) is 18.2 Å². The van der Waals surface area contributed by atoms with Gasteiger partial charge in [0.2, 0.25) is 12.1 Å². The molecule has 0 N–H and O–H groups in total. The topological polar surface area (TPSA) is 33.2 Å². The minimum absolute atomic E-state index is 0.305. The maximum Gasteiger partial charge on any atom is 0.236 e. The number of aromatic nitrogens is 1. The van der Waals surface area contributed by atoms with Gasteiger partial charge in [-0.05, 0) is 30.2 Å². The number of Topliss-reactive ketones (excluding diaryl/α,β-unsaturated/α-hetero) is 1. The monoisotopic (exact) mass is 256 g/mol.